The number of hydrazone groups is 1. The Hall–Kier alpha value is -2.61. The third-order valence-electron chi connectivity index (χ3n) is 3.98. The van der Waals surface area contributed by atoms with Gasteiger partial charge in [0.2, 0.25) is 11.0 Å². The molecule has 0 saturated heterocycles. The van der Waals surface area contributed by atoms with Gasteiger partial charge < -0.3 is 0 Å². The molecule has 136 valence electrons. The van der Waals surface area contributed by atoms with Crippen LogP contribution in [0.4, 0.5) is 10.8 Å². The summed E-state index contributed by atoms with van der Waals surface area (Å²) in [5.74, 6) is -0.462. The molecule has 0 saturated carbocycles. The van der Waals surface area contributed by atoms with Crippen LogP contribution in [0.25, 0.3) is 0 Å². The lowest BCUT2D eigenvalue weighted by molar-refractivity contribution is -0.118. The van der Waals surface area contributed by atoms with Gasteiger partial charge in [0.15, 0.2) is 0 Å². The van der Waals surface area contributed by atoms with Crippen molar-refractivity contribution in [1.82, 2.24) is 10.2 Å². The highest BCUT2D eigenvalue weighted by Gasteiger charge is 2.26. The van der Waals surface area contributed by atoms with Gasteiger partial charge in [-0.1, -0.05) is 49.3 Å². The van der Waals surface area contributed by atoms with Gasteiger partial charge in [-0.05, 0) is 18.6 Å². The third kappa shape index (κ3) is 4.51. The second-order valence-electron chi connectivity index (χ2n) is 6.00. The molecule has 1 aliphatic rings. The molecule has 1 aliphatic heterocycles. The number of hydrogen-bond donors (Lipinski definition) is 1. The lowest BCUT2D eigenvalue weighted by Gasteiger charge is -2.22. The lowest BCUT2D eigenvalue weighted by Crippen LogP contribution is -2.36. The fourth-order valence-electron chi connectivity index (χ4n) is 2.59. The molecule has 2 aromatic rings. The Bertz CT molecular complexity index is 803. The number of rotatable bonds is 7. The van der Waals surface area contributed by atoms with Gasteiger partial charge in [0.25, 0.3) is 5.91 Å². The highest BCUT2D eigenvalue weighted by Crippen LogP contribution is 2.21. The molecule has 0 unspecified atom stereocenters. The van der Waals surface area contributed by atoms with Crippen LogP contribution in [-0.2, 0) is 16.0 Å². The van der Waals surface area contributed by atoms with Crippen LogP contribution >= 0.6 is 11.3 Å². The van der Waals surface area contributed by atoms with Crippen LogP contribution in [0, 0.1) is 0 Å². The van der Waals surface area contributed by atoms with Crippen molar-refractivity contribution in [3.05, 3.63) is 35.3 Å². The van der Waals surface area contributed by atoms with E-state index in [1.807, 2.05) is 18.2 Å². The minimum absolute atomic E-state index is 0.123. The summed E-state index contributed by atoms with van der Waals surface area (Å²) >= 11 is 1.38. The summed E-state index contributed by atoms with van der Waals surface area (Å²) < 4.78 is 0. The quantitative estimate of drug-likeness (QED) is 0.756. The van der Waals surface area contributed by atoms with Crippen LogP contribution in [0.15, 0.2) is 35.4 Å². The molecule has 3 rings (SSSR count). The average Bonchev–Trinajstić information content (AvgIpc) is 3.10. The van der Waals surface area contributed by atoms with E-state index < -0.39 is 0 Å². The molecular formula is C18H21N5O2S. The van der Waals surface area contributed by atoms with Crippen molar-refractivity contribution < 1.29 is 9.59 Å². The summed E-state index contributed by atoms with van der Waals surface area (Å²) in [6.07, 6.45) is 4.81. The molecule has 1 N–H and O–H groups in total. The van der Waals surface area contributed by atoms with E-state index >= 15 is 0 Å². The topological polar surface area (TPSA) is 87.6 Å². The molecule has 0 fully saturated rings. The highest BCUT2D eigenvalue weighted by molar-refractivity contribution is 7.15. The number of hydrogen-bond acceptors (Lipinski definition) is 6. The van der Waals surface area contributed by atoms with Gasteiger partial charge in [-0.2, -0.15) is 5.10 Å². The number of amides is 2. The average molecular weight is 371 g/mol. The van der Waals surface area contributed by atoms with Crippen LogP contribution in [0.3, 0.4) is 0 Å². The second-order valence-corrected chi connectivity index (χ2v) is 7.06. The highest BCUT2D eigenvalue weighted by atomic mass is 32.1. The summed E-state index contributed by atoms with van der Waals surface area (Å²) in [6, 6.07) is 9.09. The normalized spacial score (nSPS) is 14.3. The van der Waals surface area contributed by atoms with Crippen molar-refractivity contribution in [1.29, 1.82) is 0 Å². The molecule has 0 spiro atoms. The van der Waals surface area contributed by atoms with Gasteiger partial charge in [-0.15, -0.1) is 10.2 Å². The Morgan fingerprint density at radius 1 is 1.19 bits per heavy atom. The van der Waals surface area contributed by atoms with E-state index in [-0.39, 0.29) is 18.2 Å². The van der Waals surface area contributed by atoms with Crippen LogP contribution in [0.2, 0.25) is 0 Å². The predicted octanol–water partition coefficient (Wildman–Crippen LogP) is 3.39. The molecule has 7 nitrogen and oxygen atoms in total. The zero-order valence-corrected chi connectivity index (χ0v) is 15.5. The minimum atomic E-state index is -0.338. The van der Waals surface area contributed by atoms with Gasteiger partial charge in [0.1, 0.15) is 10.7 Å². The largest absolute Gasteiger partial charge is 0.295 e. The Balaban J connectivity index is 1.66. The maximum absolute atomic E-state index is 12.5. The van der Waals surface area contributed by atoms with E-state index in [0.29, 0.717) is 23.0 Å². The van der Waals surface area contributed by atoms with Gasteiger partial charge in [0.05, 0.1) is 5.69 Å². The Kier molecular flexibility index (Phi) is 6.06. The number of carbonyl (C=O) groups excluding carboxylic acids is 2. The van der Waals surface area contributed by atoms with Crippen molar-refractivity contribution in [3.8, 4) is 0 Å². The second kappa shape index (κ2) is 8.66. The van der Waals surface area contributed by atoms with E-state index in [9.17, 15) is 9.59 Å². The number of aromatic nitrogens is 2. The number of nitrogens with zero attached hydrogens (tertiary/aromatic N) is 4. The Morgan fingerprint density at radius 2 is 2.00 bits per heavy atom. The fraction of sp³-hybridized carbons (Fsp3) is 0.389. The molecule has 8 heteroatoms. The summed E-state index contributed by atoms with van der Waals surface area (Å²) in [7, 11) is 0. The van der Waals surface area contributed by atoms with Gasteiger partial charge >= 0.3 is 0 Å². The number of anilines is 2. The summed E-state index contributed by atoms with van der Waals surface area (Å²) in [4.78, 5) is 24.6. The summed E-state index contributed by atoms with van der Waals surface area (Å²) in [5.41, 5.74) is 0.966. The van der Waals surface area contributed by atoms with E-state index in [2.05, 4.69) is 27.5 Å². The number of carbonyl (C=O) groups is 2. The van der Waals surface area contributed by atoms with Crippen LogP contribution in [0.1, 0.15) is 44.0 Å². The SMILES string of the molecule is CCCCCc1nnc(NC(=O)C2=NN(c3ccccc3)C(=O)CC2)s1. The molecule has 1 aromatic carbocycles. The molecule has 0 bridgehead atoms. The van der Waals surface area contributed by atoms with Crippen molar-refractivity contribution in [2.24, 2.45) is 5.10 Å². The van der Waals surface area contributed by atoms with E-state index in [1.54, 1.807) is 12.1 Å². The lowest BCUT2D eigenvalue weighted by atomic mass is 10.1. The number of nitrogens with one attached hydrogen (secondary N) is 1. The van der Waals surface area contributed by atoms with Gasteiger partial charge in [-0.3, -0.25) is 14.9 Å². The molecule has 26 heavy (non-hydrogen) atoms. The molecular weight excluding hydrogens is 350 g/mol. The van der Waals surface area contributed by atoms with E-state index in [1.165, 1.54) is 16.3 Å². The van der Waals surface area contributed by atoms with Crippen molar-refractivity contribution >= 4 is 39.7 Å². The van der Waals surface area contributed by atoms with Crippen LogP contribution < -0.4 is 10.3 Å². The van der Waals surface area contributed by atoms with E-state index in [0.717, 1.165) is 30.7 Å². The van der Waals surface area contributed by atoms with Crippen molar-refractivity contribution in [2.45, 2.75) is 45.4 Å². The zero-order valence-electron chi connectivity index (χ0n) is 14.6. The fourth-order valence-corrected chi connectivity index (χ4v) is 3.36. The van der Waals surface area contributed by atoms with Gasteiger partial charge in [-0.25, -0.2) is 5.01 Å². The summed E-state index contributed by atoms with van der Waals surface area (Å²) in [5, 5.41) is 17.8. The predicted molar refractivity (Wildman–Crippen MR) is 102 cm³/mol. The smallest absolute Gasteiger partial charge is 0.273 e. The van der Waals surface area contributed by atoms with E-state index in [4.69, 9.17) is 0 Å². The molecule has 0 atom stereocenters. The first kappa shape index (κ1) is 18.2. The maximum atomic E-state index is 12.5. The first-order valence-electron chi connectivity index (χ1n) is 8.76. The Labute approximate surface area is 156 Å². The molecule has 0 radical (unpaired) electrons. The monoisotopic (exact) mass is 371 g/mol. The van der Waals surface area contributed by atoms with Crippen LogP contribution in [0.5, 0.6) is 0 Å². The molecule has 2 heterocycles. The molecule has 2 amide bonds. The van der Waals surface area contributed by atoms with Gasteiger partial charge in [0, 0.05) is 19.3 Å². The van der Waals surface area contributed by atoms with Crippen LogP contribution in [-0.4, -0.2) is 27.7 Å². The Morgan fingerprint density at radius 3 is 2.77 bits per heavy atom. The third-order valence-corrected chi connectivity index (χ3v) is 4.88. The maximum Gasteiger partial charge on any atom is 0.273 e. The standard InChI is InChI=1S/C18H21N5O2S/c1-2-3-5-10-15-20-21-18(26-15)19-17(25)14-11-12-16(24)23(22-14)13-8-6-4-7-9-13/h4,6-9H,2-3,5,10-12H2,1H3,(H,19,21,25). The number of unbranched alkanes of at least 4 members (excludes halogenated alkanes) is 2. The number of aryl methyl sites for hydroxylation is 1. The minimum Gasteiger partial charge on any atom is -0.295 e. The molecule has 1 aromatic heterocycles. The molecule has 0 aliphatic carbocycles. The van der Waals surface area contributed by atoms with Crippen molar-refractivity contribution in [3.63, 3.8) is 0 Å². The number of para-hydroxylation sites is 1. The first-order valence-corrected chi connectivity index (χ1v) is 9.58. The van der Waals surface area contributed by atoms with Crippen molar-refractivity contribution in [2.75, 3.05) is 10.3 Å². The number of benzene rings is 1. The summed E-state index contributed by atoms with van der Waals surface area (Å²) in [6.45, 7) is 2.15. The zero-order chi connectivity index (χ0) is 18.4. The first-order chi connectivity index (χ1) is 12.7.